The summed E-state index contributed by atoms with van der Waals surface area (Å²) in [5.41, 5.74) is 1.37. The van der Waals surface area contributed by atoms with Crippen molar-refractivity contribution in [1.29, 1.82) is 0 Å². The summed E-state index contributed by atoms with van der Waals surface area (Å²) in [4.78, 5) is 23.2. The zero-order chi connectivity index (χ0) is 14.4. The first-order chi connectivity index (χ1) is 8.97. The van der Waals surface area contributed by atoms with Crippen LogP contribution in [0.4, 0.5) is 0 Å². The Labute approximate surface area is 126 Å². The maximum atomic E-state index is 12.1. The number of halogens is 1. The van der Waals surface area contributed by atoms with Crippen LogP contribution in [0.5, 0.6) is 0 Å². The van der Waals surface area contributed by atoms with Gasteiger partial charge in [-0.25, -0.2) is 4.79 Å². The van der Waals surface area contributed by atoms with Gasteiger partial charge in [0.05, 0.1) is 0 Å². The summed E-state index contributed by atoms with van der Waals surface area (Å²) in [6.45, 7) is 3.66. The normalized spacial score (nSPS) is 12.4. The third-order valence-corrected chi connectivity index (χ3v) is 3.89. The maximum Gasteiger partial charge on any atom is 0.326 e. The minimum atomic E-state index is -1.03. The highest BCUT2D eigenvalue weighted by Crippen LogP contribution is 2.16. The van der Waals surface area contributed by atoms with Gasteiger partial charge < -0.3 is 10.4 Å². The first kappa shape index (κ1) is 15.7. The number of hydrogen-bond acceptors (Lipinski definition) is 2. The van der Waals surface area contributed by atoms with Crippen LogP contribution >= 0.6 is 22.6 Å². The van der Waals surface area contributed by atoms with Crippen LogP contribution in [-0.4, -0.2) is 23.0 Å². The molecule has 0 spiro atoms. The van der Waals surface area contributed by atoms with Crippen LogP contribution in [0.1, 0.15) is 29.3 Å². The van der Waals surface area contributed by atoms with E-state index in [1.54, 1.807) is 24.3 Å². The molecule has 1 rings (SSSR count). The molecule has 0 aliphatic carbocycles. The van der Waals surface area contributed by atoms with Gasteiger partial charge in [0.15, 0.2) is 0 Å². The molecule has 0 bridgehead atoms. The highest BCUT2D eigenvalue weighted by Gasteiger charge is 2.20. The largest absolute Gasteiger partial charge is 0.480 e. The lowest BCUT2D eigenvalue weighted by molar-refractivity contribution is -0.139. The van der Waals surface area contributed by atoms with E-state index < -0.39 is 12.0 Å². The Morgan fingerprint density at radius 3 is 2.74 bits per heavy atom. The topological polar surface area (TPSA) is 66.4 Å². The summed E-state index contributed by atoms with van der Waals surface area (Å²) < 4.78 is 0.977. The second kappa shape index (κ2) is 7.28. The number of carbonyl (C=O) groups excluding carboxylic acids is 1. The summed E-state index contributed by atoms with van der Waals surface area (Å²) in [5.74, 6) is -1.39. The van der Waals surface area contributed by atoms with Gasteiger partial charge in [-0.15, -0.1) is 0 Å². The monoisotopic (exact) mass is 373 g/mol. The molecule has 0 aromatic heterocycles. The second-order valence-electron chi connectivity index (χ2n) is 4.08. The number of rotatable bonds is 5. The van der Waals surface area contributed by atoms with Gasteiger partial charge in [0.25, 0.3) is 5.91 Å². The van der Waals surface area contributed by atoms with Crippen LogP contribution in [0.3, 0.4) is 0 Å². The molecule has 1 atom stereocenters. The van der Waals surface area contributed by atoms with Gasteiger partial charge in [-0.1, -0.05) is 18.2 Å². The van der Waals surface area contributed by atoms with Crippen molar-refractivity contribution in [3.8, 4) is 0 Å². The zero-order valence-corrected chi connectivity index (χ0v) is 13.0. The Kier molecular flexibility index (Phi) is 6.01. The molecule has 0 radical (unpaired) electrons. The maximum absolute atomic E-state index is 12.1. The molecule has 1 aromatic carbocycles. The number of carbonyl (C=O) groups is 2. The lowest BCUT2D eigenvalue weighted by Gasteiger charge is -2.14. The van der Waals surface area contributed by atoms with E-state index in [1.165, 1.54) is 0 Å². The molecular weight excluding hydrogens is 357 g/mol. The van der Waals surface area contributed by atoms with E-state index in [4.69, 9.17) is 5.11 Å². The van der Waals surface area contributed by atoms with Crippen LogP contribution in [0, 0.1) is 10.5 Å². The third-order valence-electron chi connectivity index (χ3n) is 2.72. The van der Waals surface area contributed by atoms with Crippen molar-refractivity contribution in [3.63, 3.8) is 0 Å². The van der Waals surface area contributed by atoms with E-state index in [0.717, 1.165) is 9.13 Å². The fourth-order valence-corrected chi connectivity index (χ4v) is 2.08. The highest BCUT2D eigenvalue weighted by molar-refractivity contribution is 14.1. The van der Waals surface area contributed by atoms with Crippen molar-refractivity contribution < 1.29 is 14.7 Å². The summed E-state index contributed by atoms with van der Waals surface area (Å²) in [5, 5.41) is 11.6. The molecule has 0 aliphatic rings. The van der Waals surface area contributed by atoms with Crippen molar-refractivity contribution in [2.75, 3.05) is 0 Å². The van der Waals surface area contributed by atoms with Crippen molar-refractivity contribution in [2.45, 2.75) is 26.3 Å². The Morgan fingerprint density at radius 2 is 2.16 bits per heavy atom. The Hall–Kier alpha value is -1.37. The van der Waals surface area contributed by atoms with Gasteiger partial charge >= 0.3 is 5.97 Å². The average molecular weight is 373 g/mol. The number of aliphatic carboxylic acids is 1. The van der Waals surface area contributed by atoms with Crippen LogP contribution in [-0.2, 0) is 4.79 Å². The van der Waals surface area contributed by atoms with Crippen molar-refractivity contribution in [2.24, 2.45) is 0 Å². The lowest BCUT2D eigenvalue weighted by Crippen LogP contribution is -2.40. The fourth-order valence-electron chi connectivity index (χ4n) is 1.58. The summed E-state index contributed by atoms with van der Waals surface area (Å²) in [6.07, 6.45) is 3.76. The molecule has 102 valence electrons. The quantitative estimate of drug-likeness (QED) is 0.616. The molecule has 0 saturated heterocycles. The molecular formula is C14H16INO3. The van der Waals surface area contributed by atoms with Gasteiger partial charge in [-0.3, -0.25) is 4.79 Å². The van der Waals surface area contributed by atoms with Gasteiger partial charge in [0.1, 0.15) is 6.04 Å². The molecule has 5 heteroatoms. The predicted octanol–water partition coefficient (Wildman–Crippen LogP) is 2.75. The SMILES string of the molecule is C/C=C/CC(NC(=O)c1cccc(I)c1C)C(=O)O. The van der Waals surface area contributed by atoms with Crippen LogP contribution in [0.2, 0.25) is 0 Å². The molecule has 0 fully saturated rings. The van der Waals surface area contributed by atoms with E-state index in [2.05, 4.69) is 27.9 Å². The number of benzene rings is 1. The molecule has 0 heterocycles. The Morgan fingerprint density at radius 1 is 1.47 bits per heavy atom. The molecule has 19 heavy (non-hydrogen) atoms. The van der Waals surface area contributed by atoms with E-state index >= 15 is 0 Å². The van der Waals surface area contributed by atoms with Gasteiger partial charge in [-0.2, -0.15) is 0 Å². The number of nitrogens with one attached hydrogen (secondary N) is 1. The Balaban J connectivity index is 2.88. The van der Waals surface area contributed by atoms with Crippen LogP contribution < -0.4 is 5.32 Å². The van der Waals surface area contributed by atoms with E-state index in [0.29, 0.717) is 5.56 Å². The lowest BCUT2D eigenvalue weighted by atomic mass is 10.1. The first-order valence-electron chi connectivity index (χ1n) is 5.87. The zero-order valence-electron chi connectivity index (χ0n) is 10.8. The highest BCUT2D eigenvalue weighted by atomic mass is 127. The van der Waals surface area contributed by atoms with Crippen LogP contribution in [0.25, 0.3) is 0 Å². The van der Waals surface area contributed by atoms with Gasteiger partial charge in [0, 0.05) is 9.13 Å². The molecule has 1 aromatic rings. The van der Waals surface area contributed by atoms with E-state index in [9.17, 15) is 9.59 Å². The number of hydrogen-bond donors (Lipinski definition) is 2. The number of carboxylic acid groups (broad SMARTS) is 1. The van der Waals surface area contributed by atoms with Crippen LogP contribution in [0.15, 0.2) is 30.4 Å². The van der Waals surface area contributed by atoms with Gasteiger partial charge in [0.2, 0.25) is 0 Å². The van der Waals surface area contributed by atoms with E-state index in [-0.39, 0.29) is 12.3 Å². The van der Waals surface area contributed by atoms with Crippen molar-refractivity contribution in [1.82, 2.24) is 5.32 Å². The average Bonchev–Trinajstić information content (AvgIpc) is 2.37. The molecule has 0 aliphatic heterocycles. The van der Waals surface area contributed by atoms with Crippen molar-refractivity contribution >= 4 is 34.5 Å². The number of allylic oxidation sites excluding steroid dienone is 1. The molecule has 1 amide bonds. The predicted molar refractivity (Wildman–Crippen MR) is 82.2 cm³/mol. The number of amides is 1. The minimum Gasteiger partial charge on any atom is -0.480 e. The molecule has 1 unspecified atom stereocenters. The molecule has 4 nitrogen and oxygen atoms in total. The van der Waals surface area contributed by atoms with Gasteiger partial charge in [-0.05, 0) is 60.6 Å². The minimum absolute atomic E-state index is 0.278. The first-order valence-corrected chi connectivity index (χ1v) is 6.95. The summed E-state index contributed by atoms with van der Waals surface area (Å²) >= 11 is 2.15. The second-order valence-corrected chi connectivity index (χ2v) is 5.24. The van der Waals surface area contributed by atoms with Crippen molar-refractivity contribution in [3.05, 3.63) is 45.0 Å². The summed E-state index contributed by atoms with van der Waals surface area (Å²) in [7, 11) is 0. The van der Waals surface area contributed by atoms with E-state index in [1.807, 2.05) is 19.9 Å². The fraction of sp³-hybridized carbons (Fsp3) is 0.286. The smallest absolute Gasteiger partial charge is 0.326 e. The third kappa shape index (κ3) is 4.34. The number of carboxylic acids is 1. The standard InChI is InChI=1S/C14H16INO3/c1-3-4-8-12(14(18)19)16-13(17)10-6-5-7-11(15)9(10)2/h3-7,12H,8H2,1-2H3,(H,16,17)(H,18,19)/b4-3+. The molecule has 2 N–H and O–H groups in total. The molecule has 0 saturated carbocycles. The summed E-state index contributed by atoms with van der Waals surface area (Å²) in [6, 6.07) is 4.48. The Bertz CT molecular complexity index is 511.